The van der Waals surface area contributed by atoms with Gasteiger partial charge in [0.05, 0.1) is 12.2 Å². The number of halogens is 1. The zero-order chi connectivity index (χ0) is 17.1. The molecule has 0 spiro atoms. The topological polar surface area (TPSA) is 38.5 Å². The third kappa shape index (κ3) is 4.48. The highest BCUT2D eigenvalue weighted by Crippen LogP contribution is 2.40. The summed E-state index contributed by atoms with van der Waals surface area (Å²) in [6, 6.07) is 8.08. The Morgan fingerprint density at radius 1 is 1.30 bits per heavy atom. The van der Waals surface area contributed by atoms with Crippen LogP contribution in [0.25, 0.3) is 0 Å². The fourth-order valence-corrected chi connectivity index (χ4v) is 3.73. The Bertz CT molecular complexity index is 514. The number of nitrogens with zero attached hydrogens (tertiary/aromatic N) is 1. The van der Waals surface area contributed by atoms with Crippen LogP contribution in [0.4, 0.5) is 0 Å². The van der Waals surface area contributed by atoms with Crippen LogP contribution in [0.3, 0.4) is 0 Å². The van der Waals surface area contributed by atoms with Crippen molar-refractivity contribution in [2.45, 2.75) is 51.7 Å². The molecule has 3 nitrogen and oxygen atoms in total. The summed E-state index contributed by atoms with van der Waals surface area (Å²) >= 11 is 6.23. The van der Waals surface area contributed by atoms with E-state index in [0.717, 1.165) is 23.7 Å². The Morgan fingerprint density at radius 3 is 2.65 bits per heavy atom. The Morgan fingerprint density at radius 2 is 2.04 bits per heavy atom. The minimum Gasteiger partial charge on any atom is -0.369 e. The van der Waals surface area contributed by atoms with E-state index in [2.05, 4.69) is 38.7 Å². The molecule has 2 rings (SSSR count). The molecule has 1 saturated heterocycles. The normalized spacial score (nSPS) is 22.8. The first kappa shape index (κ1) is 18.7. The highest BCUT2D eigenvalue weighted by atomic mass is 35.5. The molecular formula is C19H31ClN2O. The molecule has 0 unspecified atom stereocenters. The fraction of sp³-hybridized carbons (Fsp3) is 0.684. The zero-order valence-electron chi connectivity index (χ0n) is 14.9. The van der Waals surface area contributed by atoms with E-state index in [9.17, 15) is 0 Å². The number of likely N-dealkylation sites (tertiary alicyclic amines) is 1. The van der Waals surface area contributed by atoms with Crippen LogP contribution in [-0.4, -0.2) is 36.7 Å². The number of piperidine rings is 1. The molecule has 1 heterocycles. The van der Waals surface area contributed by atoms with Gasteiger partial charge in [-0.15, -0.1) is 0 Å². The van der Waals surface area contributed by atoms with Crippen LogP contribution < -0.4 is 5.73 Å². The van der Waals surface area contributed by atoms with E-state index in [4.69, 9.17) is 22.1 Å². The summed E-state index contributed by atoms with van der Waals surface area (Å²) in [7, 11) is 0. The molecule has 2 atom stereocenters. The van der Waals surface area contributed by atoms with Crippen LogP contribution in [0, 0.1) is 5.92 Å². The van der Waals surface area contributed by atoms with Gasteiger partial charge in [-0.25, -0.2) is 0 Å². The van der Waals surface area contributed by atoms with Gasteiger partial charge in [0.1, 0.15) is 0 Å². The Balaban J connectivity index is 2.30. The van der Waals surface area contributed by atoms with Gasteiger partial charge in [-0.05, 0) is 64.8 Å². The molecule has 4 heteroatoms. The Hall–Kier alpha value is -0.610. The maximum Gasteiger partial charge on any atom is 0.0944 e. The van der Waals surface area contributed by atoms with E-state index in [1.807, 2.05) is 18.2 Å². The minimum atomic E-state index is -0.353. The van der Waals surface area contributed by atoms with Crippen molar-refractivity contribution in [2.75, 3.05) is 26.2 Å². The maximum atomic E-state index is 6.31. The van der Waals surface area contributed by atoms with Crippen LogP contribution in [0.2, 0.25) is 5.02 Å². The van der Waals surface area contributed by atoms with Gasteiger partial charge < -0.3 is 10.5 Å². The molecule has 0 aliphatic carbocycles. The van der Waals surface area contributed by atoms with Crippen LogP contribution >= 0.6 is 11.6 Å². The lowest BCUT2D eigenvalue weighted by Gasteiger charge is -2.47. The number of rotatable bonds is 5. The van der Waals surface area contributed by atoms with Gasteiger partial charge in [0, 0.05) is 29.6 Å². The molecular weight excluding hydrogens is 308 g/mol. The van der Waals surface area contributed by atoms with Crippen molar-refractivity contribution in [1.29, 1.82) is 0 Å². The summed E-state index contributed by atoms with van der Waals surface area (Å²) in [5, 5.41) is 0.758. The standard InChI is InChI=1S/C19H31ClN2O/c1-18(2,3)22-11-6-8-16(14-22)19(4,23-12-10-21)15-7-5-9-17(20)13-15/h5,7,9,13,16H,6,8,10-12,14,21H2,1-4H3/t16-,19+/m1/s1. The van der Waals surface area contributed by atoms with Crippen molar-refractivity contribution in [3.63, 3.8) is 0 Å². The highest BCUT2D eigenvalue weighted by molar-refractivity contribution is 6.30. The molecule has 0 radical (unpaired) electrons. The average molecular weight is 339 g/mol. The van der Waals surface area contributed by atoms with Crippen molar-refractivity contribution in [3.05, 3.63) is 34.9 Å². The Labute approximate surface area is 146 Å². The first-order chi connectivity index (χ1) is 10.8. The summed E-state index contributed by atoms with van der Waals surface area (Å²) in [5.74, 6) is 0.431. The largest absolute Gasteiger partial charge is 0.369 e. The lowest BCUT2D eigenvalue weighted by molar-refractivity contribution is -0.103. The third-order valence-corrected chi connectivity index (χ3v) is 5.30. The molecule has 2 N–H and O–H groups in total. The molecule has 0 bridgehead atoms. The van der Waals surface area contributed by atoms with Crippen LogP contribution in [0.5, 0.6) is 0 Å². The van der Waals surface area contributed by atoms with Crippen molar-refractivity contribution in [1.82, 2.24) is 4.90 Å². The minimum absolute atomic E-state index is 0.182. The van der Waals surface area contributed by atoms with Crippen molar-refractivity contribution in [3.8, 4) is 0 Å². The lowest BCUT2D eigenvalue weighted by atomic mass is 9.77. The van der Waals surface area contributed by atoms with E-state index in [1.165, 1.54) is 12.8 Å². The second-order valence-corrected chi connectivity index (χ2v) is 8.15. The maximum absolute atomic E-state index is 6.31. The first-order valence-corrected chi connectivity index (χ1v) is 9.00. The molecule has 130 valence electrons. The number of ether oxygens (including phenoxy) is 1. The molecule has 0 amide bonds. The predicted octanol–water partition coefficient (Wildman–Crippen LogP) is 4.04. The first-order valence-electron chi connectivity index (χ1n) is 8.62. The Kier molecular flexibility index (Phi) is 6.12. The van der Waals surface area contributed by atoms with Crippen molar-refractivity contribution < 1.29 is 4.74 Å². The molecule has 1 fully saturated rings. The molecule has 1 aromatic rings. The van der Waals surface area contributed by atoms with E-state index in [1.54, 1.807) is 0 Å². The monoisotopic (exact) mass is 338 g/mol. The second kappa shape index (κ2) is 7.52. The third-order valence-electron chi connectivity index (χ3n) is 5.07. The number of nitrogens with two attached hydrogens (primary N) is 1. The molecule has 0 saturated carbocycles. The summed E-state index contributed by atoms with van der Waals surface area (Å²) in [6.45, 7) is 12.3. The van der Waals surface area contributed by atoms with E-state index in [0.29, 0.717) is 19.1 Å². The van der Waals surface area contributed by atoms with Crippen LogP contribution in [-0.2, 0) is 10.3 Å². The van der Waals surface area contributed by atoms with E-state index < -0.39 is 0 Å². The summed E-state index contributed by atoms with van der Waals surface area (Å²) in [5.41, 5.74) is 6.69. The van der Waals surface area contributed by atoms with Crippen molar-refractivity contribution >= 4 is 11.6 Å². The van der Waals surface area contributed by atoms with Gasteiger partial charge in [-0.3, -0.25) is 4.90 Å². The van der Waals surface area contributed by atoms with E-state index >= 15 is 0 Å². The second-order valence-electron chi connectivity index (χ2n) is 7.71. The van der Waals surface area contributed by atoms with Crippen LogP contribution in [0.1, 0.15) is 46.1 Å². The quantitative estimate of drug-likeness (QED) is 0.880. The summed E-state index contributed by atoms with van der Waals surface area (Å²) in [6.07, 6.45) is 2.37. The van der Waals surface area contributed by atoms with Crippen molar-refractivity contribution in [2.24, 2.45) is 11.7 Å². The van der Waals surface area contributed by atoms with Gasteiger partial charge in [-0.1, -0.05) is 23.7 Å². The zero-order valence-corrected chi connectivity index (χ0v) is 15.7. The highest BCUT2D eigenvalue weighted by Gasteiger charge is 2.41. The summed E-state index contributed by atoms with van der Waals surface area (Å²) in [4.78, 5) is 2.57. The fourth-order valence-electron chi connectivity index (χ4n) is 3.54. The predicted molar refractivity (Wildman–Crippen MR) is 97.9 cm³/mol. The number of benzene rings is 1. The molecule has 1 aromatic carbocycles. The average Bonchev–Trinajstić information content (AvgIpc) is 2.52. The number of hydrogen-bond acceptors (Lipinski definition) is 3. The van der Waals surface area contributed by atoms with Gasteiger partial charge in [-0.2, -0.15) is 0 Å². The molecule has 1 aliphatic heterocycles. The molecule has 23 heavy (non-hydrogen) atoms. The smallest absolute Gasteiger partial charge is 0.0944 e. The SMILES string of the molecule is CC(C)(C)N1CCC[C@@H]([C@@](C)(OCCN)c2cccc(Cl)c2)C1. The van der Waals surface area contributed by atoms with Gasteiger partial charge in [0.15, 0.2) is 0 Å². The van der Waals surface area contributed by atoms with Gasteiger partial charge in [0.2, 0.25) is 0 Å². The molecule has 1 aliphatic rings. The van der Waals surface area contributed by atoms with Gasteiger partial charge >= 0.3 is 0 Å². The van der Waals surface area contributed by atoms with Gasteiger partial charge in [0.25, 0.3) is 0 Å². The molecule has 0 aromatic heterocycles. The number of hydrogen-bond donors (Lipinski definition) is 1. The lowest BCUT2D eigenvalue weighted by Crippen LogP contribution is -2.52. The van der Waals surface area contributed by atoms with Crippen LogP contribution in [0.15, 0.2) is 24.3 Å². The summed E-state index contributed by atoms with van der Waals surface area (Å²) < 4.78 is 6.31. The van der Waals surface area contributed by atoms with E-state index in [-0.39, 0.29) is 11.1 Å².